The number of anilines is 1. The van der Waals surface area contributed by atoms with E-state index >= 15 is 0 Å². The minimum absolute atomic E-state index is 0.185. The van der Waals surface area contributed by atoms with Gasteiger partial charge < -0.3 is 5.32 Å². The van der Waals surface area contributed by atoms with Gasteiger partial charge in [0.15, 0.2) is 0 Å². The third-order valence-electron chi connectivity index (χ3n) is 3.18. The summed E-state index contributed by atoms with van der Waals surface area (Å²) in [7, 11) is -5.28. The molecule has 4 nitrogen and oxygen atoms in total. The first kappa shape index (κ1) is 15.4. The van der Waals surface area contributed by atoms with E-state index in [1.54, 1.807) is 0 Å². The Morgan fingerprint density at radius 1 is 1.15 bits per heavy atom. The first-order valence-corrected chi connectivity index (χ1v) is 9.16. The Morgan fingerprint density at radius 3 is 2.20 bits per heavy atom. The Bertz CT molecular complexity index is 577. The Balaban J connectivity index is 2.04. The zero-order chi connectivity index (χ0) is 14.8. The molecular formula is C12H15F2NO3S2. The highest BCUT2D eigenvalue weighted by Gasteiger charge is 2.26. The normalized spacial score (nSPS) is 23.8. The fourth-order valence-corrected chi connectivity index (χ4v) is 4.04. The van der Waals surface area contributed by atoms with Crippen LogP contribution < -0.4 is 5.32 Å². The van der Waals surface area contributed by atoms with Crippen LogP contribution in [-0.4, -0.2) is 35.9 Å². The van der Waals surface area contributed by atoms with E-state index in [2.05, 4.69) is 5.32 Å². The van der Waals surface area contributed by atoms with Crippen LogP contribution in [-0.2, 0) is 20.6 Å². The molecule has 8 heteroatoms. The minimum Gasteiger partial charge on any atom is -0.382 e. The summed E-state index contributed by atoms with van der Waals surface area (Å²) in [6, 6.07) is 5.47. The molecule has 20 heavy (non-hydrogen) atoms. The Morgan fingerprint density at radius 2 is 1.70 bits per heavy atom. The zero-order valence-corrected chi connectivity index (χ0v) is 12.2. The van der Waals surface area contributed by atoms with E-state index in [0.717, 1.165) is 12.8 Å². The summed E-state index contributed by atoms with van der Waals surface area (Å²) < 4.78 is 58.5. The van der Waals surface area contributed by atoms with E-state index in [0.29, 0.717) is 17.2 Å². The summed E-state index contributed by atoms with van der Waals surface area (Å²) >= 11 is 0. The molecule has 1 aliphatic rings. The van der Waals surface area contributed by atoms with E-state index in [1.165, 1.54) is 24.3 Å². The van der Waals surface area contributed by atoms with Gasteiger partial charge in [-0.25, -0.2) is 8.42 Å². The number of hydrogen-bond acceptors (Lipinski definition) is 4. The van der Waals surface area contributed by atoms with Gasteiger partial charge in [0, 0.05) is 34.0 Å². The van der Waals surface area contributed by atoms with Crippen LogP contribution in [0.5, 0.6) is 0 Å². The van der Waals surface area contributed by atoms with Crippen molar-refractivity contribution in [2.24, 2.45) is 0 Å². The van der Waals surface area contributed by atoms with Crippen LogP contribution >= 0.6 is 0 Å². The smallest absolute Gasteiger partial charge is 0.341 e. The monoisotopic (exact) mass is 323 g/mol. The lowest BCUT2D eigenvalue weighted by molar-refractivity contribution is 0.234. The molecule has 1 aliphatic heterocycles. The van der Waals surface area contributed by atoms with Crippen molar-refractivity contribution in [3.63, 3.8) is 0 Å². The molecule has 0 atom stereocenters. The van der Waals surface area contributed by atoms with Crippen LogP contribution in [0.2, 0.25) is 0 Å². The number of alkyl halides is 2. The second-order valence-electron chi connectivity index (χ2n) is 4.60. The van der Waals surface area contributed by atoms with Gasteiger partial charge in [0.25, 0.3) is 0 Å². The Labute approximate surface area is 118 Å². The minimum atomic E-state index is -4.54. The van der Waals surface area contributed by atoms with Crippen molar-refractivity contribution in [1.82, 2.24) is 0 Å². The molecule has 0 saturated carbocycles. The van der Waals surface area contributed by atoms with Crippen LogP contribution in [0, 0.1) is 0 Å². The van der Waals surface area contributed by atoms with Gasteiger partial charge in [0.1, 0.15) is 0 Å². The molecule has 0 spiro atoms. The van der Waals surface area contributed by atoms with Crippen LogP contribution in [0.4, 0.5) is 14.5 Å². The van der Waals surface area contributed by atoms with Gasteiger partial charge in [-0.3, -0.25) is 4.21 Å². The highest BCUT2D eigenvalue weighted by Crippen LogP contribution is 2.22. The summed E-state index contributed by atoms with van der Waals surface area (Å²) in [4.78, 5) is -0.386. The first-order chi connectivity index (χ1) is 9.39. The highest BCUT2D eigenvalue weighted by molar-refractivity contribution is 7.91. The van der Waals surface area contributed by atoms with Crippen LogP contribution in [0.1, 0.15) is 12.8 Å². The second-order valence-corrected chi connectivity index (χ2v) is 8.21. The molecule has 112 valence electrons. The van der Waals surface area contributed by atoms with Crippen LogP contribution in [0.15, 0.2) is 29.2 Å². The van der Waals surface area contributed by atoms with E-state index in [1.807, 2.05) is 0 Å². The third-order valence-corrected chi connectivity index (χ3v) is 5.96. The molecule has 1 aromatic carbocycles. The maximum absolute atomic E-state index is 12.4. The number of sulfone groups is 1. The molecule has 1 aromatic rings. The predicted octanol–water partition coefficient (Wildman–Crippen LogP) is 2.01. The van der Waals surface area contributed by atoms with Gasteiger partial charge in [-0.05, 0) is 37.1 Å². The van der Waals surface area contributed by atoms with Crippen molar-refractivity contribution in [3.8, 4) is 0 Å². The summed E-state index contributed by atoms with van der Waals surface area (Å²) in [5, 5.41) is 3.19. The number of benzene rings is 1. The topological polar surface area (TPSA) is 63.2 Å². The summed E-state index contributed by atoms with van der Waals surface area (Å²) in [6.07, 6.45) is 1.56. The van der Waals surface area contributed by atoms with Gasteiger partial charge in [0.05, 0.1) is 4.90 Å². The zero-order valence-electron chi connectivity index (χ0n) is 10.6. The molecule has 0 aliphatic carbocycles. The molecule has 1 heterocycles. The molecule has 0 bridgehead atoms. The number of nitrogens with one attached hydrogen (secondary N) is 1. The van der Waals surface area contributed by atoms with Gasteiger partial charge in [-0.2, -0.15) is 8.78 Å². The molecule has 1 N–H and O–H groups in total. The van der Waals surface area contributed by atoms with Crippen molar-refractivity contribution >= 4 is 26.3 Å². The van der Waals surface area contributed by atoms with Gasteiger partial charge in [0.2, 0.25) is 9.84 Å². The lowest BCUT2D eigenvalue weighted by Gasteiger charge is -2.23. The molecular weight excluding hydrogens is 308 g/mol. The van der Waals surface area contributed by atoms with E-state index in [9.17, 15) is 21.4 Å². The van der Waals surface area contributed by atoms with E-state index < -0.39 is 26.4 Å². The molecule has 0 unspecified atom stereocenters. The summed E-state index contributed by atoms with van der Waals surface area (Å²) in [6.45, 7) is 0. The van der Waals surface area contributed by atoms with Crippen molar-refractivity contribution in [2.75, 3.05) is 16.8 Å². The molecule has 1 fully saturated rings. The van der Waals surface area contributed by atoms with Crippen molar-refractivity contribution in [1.29, 1.82) is 0 Å². The van der Waals surface area contributed by atoms with E-state index in [4.69, 9.17) is 0 Å². The number of rotatable bonds is 4. The standard InChI is InChI=1S/C12H15F2NO3S2/c13-12(14)20(17,18)11-3-1-9(2-4-11)15-10-5-7-19(16)8-6-10/h1-4,10,12,15H,5-8H2. The fraction of sp³-hybridized carbons (Fsp3) is 0.500. The summed E-state index contributed by atoms with van der Waals surface area (Å²) in [5.41, 5.74) is 0.677. The SMILES string of the molecule is O=S1CCC(Nc2ccc(S(=O)(=O)C(F)F)cc2)CC1. The fourth-order valence-electron chi connectivity index (χ4n) is 2.02. The second kappa shape index (κ2) is 6.17. The Kier molecular flexibility index (Phi) is 4.74. The largest absolute Gasteiger partial charge is 0.382 e. The first-order valence-electron chi connectivity index (χ1n) is 6.13. The van der Waals surface area contributed by atoms with Crippen LogP contribution in [0.3, 0.4) is 0 Å². The maximum Gasteiger partial charge on any atom is 0.341 e. The quantitative estimate of drug-likeness (QED) is 0.920. The molecule has 0 aromatic heterocycles. The van der Waals surface area contributed by atoms with Crippen molar-refractivity contribution < 1.29 is 21.4 Å². The van der Waals surface area contributed by atoms with Gasteiger partial charge in [-0.1, -0.05) is 0 Å². The highest BCUT2D eigenvalue weighted by atomic mass is 32.2. The average Bonchev–Trinajstić information content (AvgIpc) is 2.42. The Hall–Kier alpha value is -1.02. The van der Waals surface area contributed by atoms with Gasteiger partial charge in [-0.15, -0.1) is 0 Å². The third kappa shape index (κ3) is 3.54. The van der Waals surface area contributed by atoms with Gasteiger partial charge >= 0.3 is 5.76 Å². The molecule has 2 rings (SSSR count). The number of halogens is 2. The molecule has 0 radical (unpaired) electrons. The maximum atomic E-state index is 12.4. The molecule has 1 saturated heterocycles. The predicted molar refractivity (Wildman–Crippen MR) is 74.2 cm³/mol. The van der Waals surface area contributed by atoms with Crippen molar-refractivity contribution in [2.45, 2.75) is 29.5 Å². The number of hydrogen-bond donors (Lipinski definition) is 1. The van der Waals surface area contributed by atoms with Crippen LogP contribution in [0.25, 0.3) is 0 Å². The lowest BCUT2D eigenvalue weighted by Crippen LogP contribution is -2.29. The molecule has 0 amide bonds. The lowest BCUT2D eigenvalue weighted by atomic mass is 10.1. The van der Waals surface area contributed by atoms with Crippen molar-refractivity contribution in [3.05, 3.63) is 24.3 Å². The summed E-state index contributed by atoms with van der Waals surface area (Å²) in [5.74, 6) is -2.11. The van der Waals surface area contributed by atoms with E-state index in [-0.39, 0.29) is 10.9 Å². The average molecular weight is 323 g/mol.